The minimum absolute atomic E-state index is 0.0459. The fourth-order valence-corrected chi connectivity index (χ4v) is 2.28. The van der Waals surface area contributed by atoms with E-state index in [9.17, 15) is 4.79 Å². The SMILES string of the molecule is COC1=C(C)C(=O)C=CC1(OC)c1ccccc1. The molecular weight excluding hydrogens is 228 g/mol. The van der Waals surface area contributed by atoms with Gasteiger partial charge in [0.2, 0.25) is 0 Å². The Bertz CT molecular complexity index is 514. The fraction of sp³-hybridized carbons (Fsp3) is 0.267. The van der Waals surface area contributed by atoms with E-state index < -0.39 is 5.60 Å². The molecule has 94 valence electrons. The second kappa shape index (κ2) is 4.78. The molecule has 1 aromatic carbocycles. The van der Waals surface area contributed by atoms with Gasteiger partial charge in [0.1, 0.15) is 5.76 Å². The van der Waals surface area contributed by atoms with Gasteiger partial charge in [-0.3, -0.25) is 4.79 Å². The Balaban J connectivity index is 2.64. The Hall–Kier alpha value is -1.87. The minimum Gasteiger partial charge on any atom is -0.497 e. The van der Waals surface area contributed by atoms with E-state index in [1.165, 1.54) is 6.08 Å². The van der Waals surface area contributed by atoms with Gasteiger partial charge in [0.15, 0.2) is 11.4 Å². The Morgan fingerprint density at radius 2 is 1.78 bits per heavy atom. The zero-order chi connectivity index (χ0) is 13.2. The topological polar surface area (TPSA) is 35.5 Å². The summed E-state index contributed by atoms with van der Waals surface area (Å²) in [6.07, 6.45) is 3.28. The lowest BCUT2D eigenvalue weighted by Gasteiger charge is -2.34. The van der Waals surface area contributed by atoms with Crippen molar-refractivity contribution in [1.29, 1.82) is 0 Å². The summed E-state index contributed by atoms with van der Waals surface area (Å²) < 4.78 is 11.1. The van der Waals surface area contributed by atoms with Crippen molar-refractivity contribution in [2.75, 3.05) is 14.2 Å². The first-order chi connectivity index (χ1) is 8.65. The van der Waals surface area contributed by atoms with Crippen LogP contribution in [0.2, 0.25) is 0 Å². The van der Waals surface area contributed by atoms with Gasteiger partial charge < -0.3 is 9.47 Å². The number of benzene rings is 1. The molecule has 0 radical (unpaired) electrons. The fourth-order valence-electron chi connectivity index (χ4n) is 2.28. The van der Waals surface area contributed by atoms with Crippen molar-refractivity contribution < 1.29 is 14.3 Å². The predicted octanol–water partition coefficient (Wildman–Crippen LogP) is 2.59. The number of allylic oxidation sites excluding steroid dienone is 2. The molecule has 1 atom stereocenters. The zero-order valence-electron chi connectivity index (χ0n) is 10.8. The maximum absolute atomic E-state index is 11.7. The van der Waals surface area contributed by atoms with Crippen LogP contribution in [0.15, 0.2) is 53.8 Å². The van der Waals surface area contributed by atoms with E-state index in [-0.39, 0.29) is 5.78 Å². The number of hydrogen-bond acceptors (Lipinski definition) is 3. The molecule has 0 saturated heterocycles. The van der Waals surface area contributed by atoms with Gasteiger partial charge in [-0.2, -0.15) is 0 Å². The molecule has 0 saturated carbocycles. The summed E-state index contributed by atoms with van der Waals surface area (Å²) in [5.74, 6) is 0.499. The molecule has 0 N–H and O–H groups in total. The van der Waals surface area contributed by atoms with Crippen molar-refractivity contribution in [1.82, 2.24) is 0 Å². The highest BCUT2D eigenvalue weighted by atomic mass is 16.5. The maximum Gasteiger partial charge on any atom is 0.184 e. The van der Waals surface area contributed by atoms with E-state index in [1.807, 2.05) is 30.3 Å². The van der Waals surface area contributed by atoms with Crippen LogP contribution in [0.3, 0.4) is 0 Å². The van der Waals surface area contributed by atoms with E-state index in [1.54, 1.807) is 27.2 Å². The third-order valence-corrected chi connectivity index (χ3v) is 3.25. The molecule has 1 aliphatic rings. The average molecular weight is 244 g/mol. The van der Waals surface area contributed by atoms with Crippen molar-refractivity contribution >= 4 is 5.78 Å². The summed E-state index contributed by atoms with van der Waals surface area (Å²) >= 11 is 0. The minimum atomic E-state index is -0.812. The Morgan fingerprint density at radius 3 is 2.33 bits per heavy atom. The van der Waals surface area contributed by atoms with Gasteiger partial charge in [0.25, 0.3) is 0 Å². The quantitative estimate of drug-likeness (QED) is 0.819. The van der Waals surface area contributed by atoms with Crippen LogP contribution >= 0.6 is 0 Å². The second-order valence-corrected chi connectivity index (χ2v) is 4.16. The van der Waals surface area contributed by atoms with Crippen LogP contribution < -0.4 is 0 Å². The van der Waals surface area contributed by atoms with Crippen molar-refractivity contribution in [3.05, 3.63) is 59.4 Å². The van der Waals surface area contributed by atoms with Gasteiger partial charge in [-0.1, -0.05) is 30.3 Å². The number of ketones is 1. The molecule has 0 amide bonds. The molecule has 0 spiro atoms. The highest BCUT2D eigenvalue weighted by molar-refractivity contribution is 6.05. The first kappa shape index (κ1) is 12.6. The van der Waals surface area contributed by atoms with E-state index in [4.69, 9.17) is 9.47 Å². The molecular formula is C15H16O3. The number of carbonyl (C=O) groups is 1. The van der Waals surface area contributed by atoms with Gasteiger partial charge in [0, 0.05) is 12.7 Å². The van der Waals surface area contributed by atoms with Gasteiger partial charge >= 0.3 is 0 Å². The van der Waals surface area contributed by atoms with Crippen LogP contribution in [-0.4, -0.2) is 20.0 Å². The first-order valence-corrected chi connectivity index (χ1v) is 5.75. The molecule has 3 nitrogen and oxygen atoms in total. The summed E-state index contributed by atoms with van der Waals surface area (Å²) in [5.41, 5.74) is 0.701. The van der Waals surface area contributed by atoms with Crippen molar-refractivity contribution in [3.8, 4) is 0 Å². The standard InChI is InChI=1S/C15H16O3/c1-11-13(16)9-10-15(18-3,14(11)17-2)12-7-5-4-6-8-12/h4-10H,1-3H3. The molecule has 2 rings (SSSR count). The van der Waals surface area contributed by atoms with Crippen molar-refractivity contribution in [3.63, 3.8) is 0 Å². The first-order valence-electron chi connectivity index (χ1n) is 5.75. The Kier molecular flexibility index (Phi) is 3.34. The third kappa shape index (κ3) is 1.77. The smallest absolute Gasteiger partial charge is 0.184 e. The molecule has 0 fully saturated rings. The highest BCUT2D eigenvalue weighted by Gasteiger charge is 2.40. The maximum atomic E-state index is 11.7. The van der Waals surface area contributed by atoms with Crippen LogP contribution in [0.25, 0.3) is 0 Å². The molecule has 18 heavy (non-hydrogen) atoms. The van der Waals surface area contributed by atoms with Gasteiger partial charge in [-0.25, -0.2) is 0 Å². The molecule has 0 bridgehead atoms. The number of ether oxygens (including phenoxy) is 2. The summed E-state index contributed by atoms with van der Waals surface area (Å²) in [5, 5.41) is 0. The van der Waals surface area contributed by atoms with E-state index in [2.05, 4.69) is 0 Å². The second-order valence-electron chi connectivity index (χ2n) is 4.16. The normalized spacial score (nSPS) is 23.4. The number of methoxy groups -OCH3 is 2. The van der Waals surface area contributed by atoms with Crippen LogP contribution in [0.1, 0.15) is 12.5 Å². The largest absolute Gasteiger partial charge is 0.497 e. The summed E-state index contributed by atoms with van der Waals surface area (Å²) in [4.78, 5) is 11.7. The number of carbonyl (C=O) groups excluding carboxylic acids is 1. The predicted molar refractivity (Wildman–Crippen MR) is 69.0 cm³/mol. The molecule has 1 aliphatic carbocycles. The lowest BCUT2D eigenvalue weighted by Crippen LogP contribution is -2.34. The summed E-state index contributed by atoms with van der Waals surface area (Å²) in [6, 6.07) is 9.71. The van der Waals surface area contributed by atoms with E-state index >= 15 is 0 Å². The van der Waals surface area contributed by atoms with E-state index in [0.717, 1.165) is 5.56 Å². The Labute approximate surface area is 107 Å². The summed E-state index contributed by atoms with van der Waals surface area (Å²) in [7, 11) is 3.17. The molecule has 1 unspecified atom stereocenters. The van der Waals surface area contributed by atoms with Crippen LogP contribution in [0.4, 0.5) is 0 Å². The monoisotopic (exact) mass is 244 g/mol. The van der Waals surface area contributed by atoms with E-state index in [0.29, 0.717) is 11.3 Å². The van der Waals surface area contributed by atoms with Crippen LogP contribution in [-0.2, 0) is 19.9 Å². The average Bonchev–Trinajstić information content (AvgIpc) is 2.43. The van der Waals surface area contributed by atoms with Gasteiger partial charge in [0.05, 0.1) is 7.11 Å². The molecule has 0 aliphatic heterocycles. The van der Waals surface area contributed by atoms with Crippen molar-refractivity contribution in [2.45, 2.75) is 12.5 Å². The lowest BCUT2D eigenvalue weighted by atomic mass is 9.84. The van der Waals surface area contributed by atoms with Gasteiger partial charge in [-0.05, 0) is 24.6 Å². The zero-order valence-corrected chi connectivity index (χ0v) is 10.8. The lowest BCUT2D eigenvalue weighted by molar-refractivity contribution is -0.112. The van der Waals surface area contributed by atoms with Crippen molar-refractivity contribution in [2.24, 2.45) is 0 Å². The molecule has 0 heterocycles. The molecule has 3 heteroatoms. The van der Waals surface area contributed by atoms with Crippen LogP contribution in [0.5, 0.6) is 0 Å². The summed E-state index contributed by atoms with van der Waals surface area (Å²) in [6.45, 7) is 1.75. The number of rotatable bonds is 3. The Morgan fingerprint density at radius 1 is 1.11 bits per heavy atom. The highest BCUT2D eigenvalue weighted by Crippen LogP contribution is 2.39. The van der Waals surface area contributed by atoms with Crippen LogP contribution in [0, 0.1) is 0 Å². The third-order valence-electron chi connectivity index (χ3n) is 3.25. The molecule has 0 aromatic heterocycles. The van der Waals surface area contributed by atoms with Gasteiger partial charge in [-0.15, -0.1) is 0 Å². The number of hydrogen-bond donors (Lipinski definition) is 0. The molecule has 1 aromatic rings.